The lowest BCUT2D eigenvalue weighted by Crippen LogP contribution is -2.27. The van der Waals surface area contributed by atoms with Crippen molar-refractivity contribution in [2.24, 2.45) is 11.8 Å². The molecular weight excluding hydrogens is 446 g/mol. The molecule has 2 saturated heterocycles. The highest BCUT2D eigenvalue weighted by Crippen LogP contribution is 2.36. The van der Waals surface area contributed by atoms with Gasteiger partial charge in [-0.05, 0) is 53.3 Å². The van der Waals surface area contributed by atoms with Crippen molar-refractivity contribution in [1.29, 1.82) is 0 Å². The van der Waals surface area contributed by atoms with Crippen LogP contribution in [0.15, 0.2) is 54.7 Å². The molecular formula is C27H28ClN5O. The van der Waals surface area contributed by atoms with Gasteiger partial charge in [-0.1, -0.05) is 43.6 Å². The summed E-state index contributed by atoms with van der Waals surface area (Å²) >= 11 is 6.24. The molecule has 3 aromatic rings. The molecule has 0 bridgehead atoms. The Bertz CT molecular complexity index is 1210. The Morgan fingerprint density at radius 1 is 1.09 bits per heavy atom. The fraction of sp³-hybridized carbons (Fsp3) is 0.370. The topological polar surface area (TPSA) is 54.6 Å². The molecule has 174 valence electrons. The predicted octanol–water partition coefficient (Wildman–Crippen LogP) is 5.24. The maximum atomic E-state index is 7.32. The predicted molar refractivity (Wildman–Crippen MR) is 135 cm³/mol. The lowest BCUT2D eigenvalue weighted by atomic mass is 9.78. The number of fused-ring (bicyclic) bond motifs is 1. The zero-order valence-electron chi connectivity index (χ0n) is 19.5. The van der Waals surface area contributed by atoms with Crippen LogP contribution in [0.1, 0.15) is 30.7 Å². The SMILES string of the molecule is [C-]#[N+]c1cc(Cl)cc(C(C)(C)c2ccc(OCc3ccnc(N4CC5CNCC5C4)n3)cc2)c1. The first-order valence-corrected chi connectivity index (χ1v) is 12.0. The molecule has 1 N–H and O–H groups in total. The van der Waals surface area contributed by atoms with Gasteiger partial charge >= 0.3 is 0 Å². The fourth-order valence-electron chi connectivity index (χ4n) is 4.93. The second kappa shape index (κ2) is 9.25. The minimum atomic E-state index is -0.298. The monoisotopic (exact) mass is 473 g/mol. The standard InChI is InChI=1S/C27H28ClN5O/c1-27(2,21-10-22(28)12-24(11-21)29-3)20-4-6-25(7-5-20)34-17-23-8-9-31-26(32-23)33-15-18-13-30-14-19(18)16-33/h4-12,18-19,30H,13-17H2,1-2H3. The Morgan fingerprint density at radius 2 is 1.82 bits per heavy atom. The van der Waals surface area contributed by atoms with Gasteiger partial charge in [0.05, 0.1) is 12.3 Å². The average Bonchev–Trinajstić information content (AvgIpc) is 3.45. The molecule has 1 aromatic heterocycles. The fourth-order valence-corrected chi connectivity index (χ4v) is 5.16. The largest absolute Gasteiger partial charge is 0.487 e. The summed E-state index contributed by atoms with van der Waals surface area (Å²) in [5.74, 6) is 2.99. The Hall–Kier alpha value is -3.14. The molecule has 2 aromatic carbocycles. The third kappa shape index (κ3) is 4.59. The molecule has 2 atom stereocenters. The highest BCUT2D eigenvalue weighted by molar-refractivity contribution is 6.31. The first kappa shape index (κ1) is 22.6. The first-order valence-electron chi connectivity index (χ1n) is 11.6. The average molecular weight is 474 g/mol. The minimum Gasteiger partial charge on any atom is -0.487 e. The molecule has 34 heavy (non-hydrogen) atoms. The molecule has 3 heterocycles. The summed E-state index contributed by atoms with van der Waals surface area (Å²) in [4.78, 5) is 15.1. The van der Waals surface area contributed by atoms with Crippen LogP contribution < -0.4 is 15.0 Å². The first-order chi connectivity index (χ1) is 16.4. The third-order valence-electron chi connectivity index (χ3n) is 7.07. The Kier molecular flexibility index (Phi) is 6.16. The van der Waals surface area contributed by atoms with E-state index in [4.69, 9.17) is 27.9 Å². The maximum Gasteiger partial charge on any atom is 0.225 e. The van der Waals surface area contributed by atoms with Crippen LogP contribution in [0, 0.1) is 18.4 Å². The van der Waals surface area contributed by atoms with Crippen molar-refractivity contribution in [1.82, 2.24) is 15.3 Å². The number of nitrogens with one attached hydrogen (secondary N) is 1. The summed E-state index contributed by atoms with van der Waals surface area (Å²) < 4.78 is 6.03. The van der Waals surface area contributed by atoms with Crippen LogP contribution in [0.3, 0.4) is 0 Å². The highest BCUT2D eigenvalue weighted by atomic mass is 35.5. The van der Waals surface area contributed by atoms with Gasteiger partial charge in [-0.3, -0.25) is 0 Å². The Balaban J connectivity index is 1.25. The van der Waals surface area contributed by atoms with E-state index in [0.717, 1.165) is 54.7 Å². The van der Waals surface area contributed by atoms with Gasteiger partial charge in [0.2, 0.25) is 5.95 Å². The van der Waals surface area contributed by atoms with E-state index in [1.807, 2.05) is 36.5 Å². The molecule has 6 nitrogen and oxygen atoms in total. The Morgan fingerprint density at radius 3 is 2.53 bits per heavy atom. The maximum absolute atomic E-state index is 7.32. The van der Waals surface area contributed by atoms with Crippen molar-refractivity contribution >= 4 is 23.2 Å². The van der Waals surface area contributed by atoms with Crippen LogP contribution >= 0.6 is 11.6 Å². The van der Waals surface area contributed by atoms with E-state index in [1.165, 1.54) is 0 Å². The summed E-state index contributed by atoms with van der Waals surface area (Å²) in [6, 6.07) is 15.5. The number of nitrogens with zero attached hydrogens (tertiary/aromatic N) is 4. The van der Waals surface area contributed by atoms with E-state index in [9.17, 15) is 0 Å². The molecule has 7 heteroatoms. The molecule has 0 radical (unpaired) electrons. The Labute approximate surface area is 205 Å². The molecule has 2 unspecified atom stereocenters. The molecule has 5 rings (SSSR count). The highest BCUT2D eigenvalue weighted by Gasteiger charge is 2.37. The number of benzene rings is 2. The quantitative estimate of drug-likeness (QED) is 0.496. The van der Waals surface area contributed by atoms with Crippen molar-refractivity contribution in [3.63, 3.8) is 0 Å². The molecule has 0 aliphatic carbocycles. The smallest absolute Gasteiger partial charge is 0.225 e. The van der Waals surface area contributed by atoms with Gasteiger partial charge in [0, 0.05) is 42.8 Å². The zero-order chi connectivity index (χ0) is 23.7. The summed E-state index contributed by atoms with van der Waals surface area (Å²) in [6.45, 7) is 16.2. The summed E-state index contributed by atoms with van der Waals surface area (Å²) in [6.07, 6.45) is 1.82. The number of ether oxygens (including phenoxy) is 1. The van der Waals surface area contributed by atoms with E-state index in [0.29, 0.717) is 29.2 Å². The normalized spacial score (nSPS) is 19.6. The van der Waals surface area contributed by atoms with E-state index >= 15 is 0 Å². The van der Waals surface area contributed by atoms with Gasteiger partial charge in [0.15, 0.2) is 5.69 Å². The summed E-state index contributed by atoms with van der Waals surface area (Å²) in [5.41, 5.74) is 3.25. The third-order valence-corrected chi connectivity index (χ3v) is 7.29. The number of halogens is 1. The number of aromatic nitrogens is 2. The van der Waals surface area contributed by atoms with Crippen molar-refractivity contribution in [2.45, 2.75) is 25.9 Å². The van der Waals surface area contributed by atoms with Crippen molar-refractivity contribution in [2.75, 3.05) is 31.1 Å². The van der Waals surface area contributed by atoms with Crippen LogP contribution in [0.5, 0.6) is 5.75 Å². The van der Waals surface area contributed by atoms with Crippen LogP contribution in [0.2, 0.25) is 5.02 Å². The van der Waals surface area contributed by atoms with Crippen LogP contribution in [-0.2, 0) is 12.0 Å². The van der Waals surface area contributed by atoms with Crippen LogP contribution in [0.4, 0.5) is 11.6 Å². The number of hydrogen-bond donors (Lipinski definition) is 1. The van der Waals surface area contributed by atoms with Crippen LogP contribution in [-0.4, -0.2) is 36.1 Å². The van der Waals surface area contributed by atoms with Gasteiger partial charge in [-0.15, -0.1) is 0 Å². The van der Waals surface area contributed by atoms with E-state index < -0.39 is 0 Å². The van der Waals surface area contributed by atoms with Gasteiger partial charge < -0.3 is 15.0 Å². The second-order valence-electron chi connectivity index (χ2n) is 9.68. The number of anilines is 1. The second-order valence-corrected chi connectivity index (χ2v) is 10.1. The van der Waals surface area contributed by atoms with Gasteiger partial charge in [-0.25, -0.2) is 14.8 Å². The minimum absolute atomic E-state index is 0.298. The molecule has 2 aliphatic rings. The van der Waals surface area contributed by atoms with E-state index in [2.05, 4.69) is 46.0 Å². The molecule has 2 aliphatic heterocycles. The van der Waals surface area contributed by atoms with Crippen molar-refractivity contribution in [3.8, 4) is 5.75 Å². The summed E-state index contributed by atoms with van der Waals surface area (Å²) in [7, 11) is 0. The van der Waals surface area contributed by atoms with Gasteiger partial charge in [-0.2, -0.15) is 0 Å². The molecule has 0 spiro atoms. The van der Waals surface area contributed by atoms with E-state index in [-0.39, 0.29) is 5.41 Å². The van der Waals surface area contributed by atoms with E-state index in [1.54, 1.807) is 6.07 Å². The van der Waals surface area contributed by atoms with Gasteiger partial charge in [0.1, 0.15) is 12.4 Å². The number of hydrogen-bond acceptors (Lipinski definition) is 5. The van der Waals surface area contributed by atoms with Crippen molar-refractivity contribution in [3.05, 3.63) is 88.0 Å². The molecule has 2 fully saturated rings. The molecule has 0 amide bonds. The lowest BCUT2D eigenvalue weighted by Gasteiger charge is -2.27. The summed E-state index contributed by atoms with van der Waals surface area (Å²) in [5, 5.41) is 4.05. The molecule has 0 saturated carbocycles. The van der Waals surface area contributed by atoms with Crippen LogP contribution in [0.25, 0.3) is 4.85 Å². The number of rotatable bonds is 6. The lowest BCUT2D eigenvalue weighted by molar-refractivity contribution is 0.301. The van der Waals surface area contributed by atoms with Crippen molar-refractivity contribution < 1.29 is 4.74 Å². The zero-order valence-corrected chi connectivity index (χ0v) is 20.2. The van der Waals surface area contributed by atoms with Gasteiger partial charge in [0.25, 0.3) is 0 Å².